The highest BCUT2D eigenvalue weighted by Gasteiger charge is 2.41. The Morgan fingerprint density at radius 3 is 2.82 bits per heavy atom. The minimum Gasteiger partial charge on any atom is -0.462 e. The minimum atomic E-state index is -0.859. The minimum absolute atomic E-state index is 0.0228. The molecule has 4 rings (SSSR count). The molecule has 0 amide bonds. The maximum atomic E-state index is 15.0. The van der Waals surface area contributed by atoms with E-state index < -0.39 is 23.6 Å². The standard InChI is InChI=1S/C22H23F2NO3/c1-3-27-22(26)15-11-17(23)14(10-18(15)24)20-13-5-4-8-28-21(13)16-9-12(2)6-7-19(16)25-20/h6-7,9-11,13,20-21,25H,3-5,8H2,1-2H3/t13-,20+,21-/m1/s1. The van der Waals surface area contributed by atoms with Gasteiger partial charge in [0.2, 0.25) is 0 Å². The Labute approximate surface area is 162 Å². The number of ether oxygens (including phenoxy) is 2. The highest BCUT2D eigenvalue weighted by Crippen LogP contribution is 2.49. The smallest absolute Gasteiger partial charge is 0.341 e. The first kappa shape index (κ1) is 18.9. The molecule has 0 spiro atoms. The fourth-order valence-corrected chi connectivity index (χ4v) is 4.26. The number of rotatable bonds is 3. The number of hydrogen-bond acceptors (Lipinski definition) is 4. The number of fused-ring (bicyclic) bond motifs is 3. The Morgan fingerprint density at radius 1 is 1.21 bits per heavy atom. The fourth-order valence-electron chi connectivity index (χ4n) is 4.26. The van der Waals surface area contributed by atoms with Crippen LogP contribution in [0.4, 0.5) is 14.5 Å². The summed E-state index contributed by atoms with van der Waals surface area (Å²) in [6.07, 6.45) is 1.55. The second-order valence-corrected chi connectivity index (χ2v) is 7.38. The summed E-state index contributed by atoms with van der Waals surface area (Å²) in [5.41, 5.74) is 2.88. The van der Waals surface area contributed by atoms with E-state index in [1.807, 2.05) is 19.1 Å². The number of carbonyl (C=O) groups is 1. The zero-order valence-electron chi connectivity index (χ0n) is 15.9. The highest BCUT2D eigenvalue weighted by molar-refractivity contribution is 5.89. The Hall–Kier alpha value is -2.47. The molecule has 2 heterocycles. The molecule has 2 aliphatic heterocycles. The first-order valence-corrected chi connectivity index (χ1v) is 9.64. The van der Waals surface area contributed by atoms with Gasteiger partial charge in [-0.25, -0.2) is 13.6 Å². The van der Waals surface area contributed by atoms with Crippen LogP contribution in [0.15, 0.2) is 30.3 Å². The van der Waals surface area contributed by atoms with Crippen LogP contribution in [0.3, 0.4) is 0 Å². The van der Waals surface area contributed by atoms with E-state index in [1.165, 1.54) is 0 Å². The number of aryl methyl sites for hydroxylation is 1. The van der Waals surface area contributed by atoms with Crippen LogP contribution in [0.25, 0.3) is 0 Å². The van der Waals surface area contributed by atoms with Crippen LogP contribution in [-0.4, -0.2) is 19.2 Å². The van der Waals surface area contributed by atoms with Crippen LogP contribution >= 0.6 is 0 Å². The lowest BCUT2D eigenvalue weighted by molar-refractivity contribution is -0.0385. The molecular weight excluding hydrogens is 364 g/mol. The van der Waals surface area contributed by atoms with Gasteiger partial charge in [-0.3, -0.25) is 0 Å². The first-order valence-electron chi connectivity index (χ1n) is 9.64. The fraction of sp³-hybridized carbons (Fsp3) is 0.409. The van der Waals surface area contributed by atoms with E-state index in [-0.39, 0.29) is 29.8 Å². The third-order valence-corrected chi connectivity index (χ3v) is 5.54. The number of esters is 1. The van der Waals surface area contributed by atoms with Gasteiger partial charge in [-0.2, -0.15) is 0 Å². The van der Waals surface area contributed by atoms with E-state index in [4.69, 9.17) is 9.47 Å². The van der Waals surface area contributed by atoms with Crippen molar-refractivity contribution < 1.29 is 23.0 Å². The van der Waals surface area contributed by atoms with Crippen LogP contribution in [0.2, 0.25) is 0 Å². The average Bonchev–Trinajstić information content (AvgIpc) is 2.69. The van der Waals surface area contributed by atoms with Crippen molar-refractivity contribution in [2.75, 3.05) is 18.5 Å². The Bertz CT molecular complexity index is 915. The molecular formula is C22H23F2NO3. The molecule has 148 valence electrons. The van der Waals surface area contributed by atoms with Crippen molar-refractivity contribution in [2.45, 2.75) is 38.8 Å². The Morgan fingerprint density at radius 2 is 2.04 bits per heavy atom. The van der Waals surface area contributed by atoms with E-state index in [0.717, 1.165) is 41.8 Å². The molecule has 2 aromatic rings. The number of benzene rings is 2. The van der Waals surface area contributed by atoms with E-state index in [9.17, 15) is 13.6 Å². The van der Waals surface area contributed by atoms with E-state index >= 15 is 0 Å². The molecule has 0 aliphatic carbocycles. The van der Waals surface area contributed by atoms with Gasteiger partial charge in [-0.1, -0.05) is 17.7 Å². The summed E-state index contributed by atoms with van der Waals surface area (Å²) in [7, 11) is 0. The summed E-state index contributed by atoms with van der Waals surface area (Å²) in [6.45, 7) is 4.39. The van der Waals surface area contributed by atoms with Crippen LogP contribution in [0.5, 0.6) is 0 Å². The summed E-state index contributed by atoms with van der Waals surface area (Å²) >= 11 is 0. The molecule has 1 fully saturated rings. The maximum absolute atomic E-state index is 15.0. The summed E-state index contributed by atoms with van der Waals surface area (Å²) in [6, 6.07) is 7.63. The summed E-state index contributed by atoms with van der Waals surface area (Å²) in [4.78, 5) is 11.9. The quantitative estimate of drug-likeness (QED) is 0.746. The molecule has 0 saturated carbocycles. The lowest BCUT2D eigenvalue weighted by Crippen LogP contribution is -2.36. The molecule has 2 aromatic carbocycles. The summed E-state index contributed by atoms with van der Waals surface area (Å²) < 4.78 is 40.4. The van der Waals surface area contributed by atoms with Gasteiger partial charge in [0.25, 0.3) is 0 Å². The maximum Gasteiger partial charge on any atom is 0.341 e. The molecule has 6 heteroatoms. The van der Waals surface area contributed by atoms with Crippen molar-refractivity contribution >= 4 is 11.7 Å². The monoisotopic (exact) mass is 387 g/mol. The van der Waals surface area contributed by atoms with E-state index in [2.05, 4.69) is 11.4 Å². The van der Waals surface area contributed by atoms with Crippen LogP contribution in [-0.2, 0) is 9.47 Å². The average molecular weight is 387 g/mol. The highest BCUT2D eigenvalue weighted by atomic mass is 19.1. The third-order valence-electron chi connectivity index (χ3n) is 5.54. The number of halogens is 2. The Balaban J connectivity index is 1.75. The largest absolute Gasteiger partial charge is 0.462 e. The van der Waals surface area contributed by atoms with Crippen molar-refractivity contribution in [1.29, 1.82) is 0 Å². The normalized spacial score (nSPS) is 23.4. The first-order chi connectivity index (χ1) is 13.5. The molecule has 3 atom stereocenters. The Kier molecular flexibility index (Phi) is 5.06. The van der Waals surface area contributed by atoms with Crippen LogP contribution in [0, 0.1) is 24.5 Å². The van der Waals surface area contributed by atoms with Gasteiger partial charge in [0.15, 0.2) is 0 Å². The van der Waals surface area contributed by atoms with Gasteiger partial charge in [-0.15, -0.1) is 0 Å². The lowest BCUT2D eigenvalue weighted by atomic mass is 9.77. The predicted molar refractivity (Wildman–Crippen MR) is 101 cm³/mol. The number of nitrogens with one attached hydrogen (secondary N) is 1. The molecule has 0 bridgehead atoms. The third kappa shape index (κ3) is 3.26. The van der Waals surface area contributed by atoms with Crippen molar-refractivity contribution in [2.24, 2.45) is 5.92 Å². The van der Waals surface area contributed by atoms with Crippen molar-refractivity contribution in [3.63, 3.8) is 0 Å². The molecule has 0 radical (unpaired) electrons. The van der Waals surface area contributed by atoms with E-state index in [0.29, 0.717) is 6.61 Å². The molecule has 4 nitrogen and oxygen atoms in total. The lowest BCUT2D eigenvalue weighted by Gasteiger charge is -2.43. The summed E-state index contributed by atoms with van der Waals surface area (Å²) in [5, 5.41) is 3.38. The van der Waals surface area contributed by atoms with Crippen LogP contribution in [0.1, 0.15) is 59.0 Å². The van der Waals surface area contributed by atoms with Crippen LogP contribution < -0.4 is 5.32 Å². The van der Waals surface area contributed by atoms with E-state index in [1.54, 1.807) is 6.92 Å². The van der Waals surface area contributed by atoms with Gasteiger partial charge >= 0.3 is 5.97 Å². The van der Waals surface area contributed by atoms with Crippen molar-refractivity contribution in [1.82, 2.24) is 0 Å². The molecule has 1 N–H and O–H groups in total. The zero-order chi connectivity index (χ0) is 19.8. The van der Waals surface area contributed by atoms with Gasteiger partial charge in [0.1, 0.15) is 11.6 Å². The molecule has 1 saturated heterocycles. The number of carbonyl (C=O) groups excluding carboxylic acids is 1. The molecule has 2 aliphatic rings. The number of hydrogen-bond donors (Lipinski definition) is 1. The van der Waals surface area contributed by atoms with Crippen molar-refractivity contribution in [3.05, 3.63) is 64.2 Å². The topological polar surface area (TPSA) is 47.6 Å². The molecule has 0 aromatic heterocycles. The van der Waals surface area contributed by atoms with Gasteiger partial charge < -0.3 is 14.8 Å². The van der Waals surface area contributed by atoms with Gasteiger partial charge in [0.05, 0.1) is 24.3 Å². The predicted octanol–water partition coefficient (Wildman–Crippen LogP) is 5.08. The molecule has 28 heavy (non-hydrogen) atoms. The molecule has 0 unspecified atom stereocenters. The SMILES string of the molecule is CCOC(=O)c1cc(F)c([C@H]2Nc3ccc(C)cc3[C@@H]3OCCC[C@H]23)cc1F. The van der Waals surface area contributed by atoms with Gasteiger partial charge in [-0.05, 0) is 44.9 Å². The van der Waals surface area contributed by atoms with Gasteiger partial charge in [0, 0.05) is 29.3 Å². The zero-order valence-corrected chi connectivity index (χ0v) is 15.9. The van der Waals surface area contributed by atoms with Crippen molar-refractivity contribution in [3.8, 4) is 0 Å². The second-order valence-electron chi connectivity index (χ2n) is 7.38. The summed E-state index contributed by atoms with van der Waals surface area (Å²) in [5.74, 6) is -2.28. The number of anilines is 1. The second kappa shape index (κ2) is 7.51.